The van der Waals surface area contributed by atoms with Gasteiger partial charge in [-0.2, -0.15) is 0 Å². The molecule has 5 heteroatoms. The number of benzene rings is 8. The van der Waals surface area contributed by atoms with E-state index in [0.29, 0.717) is 17.5 Å². The molecule has 0 unspecified atom stereocenters. The number of thiophene rings is 1. The summed E-state index contributed by atoms with van der Waals surface area (Å²) in [5.74, 6) is 1.80. The molecule has 0 fully saturated rings. The van der Waals surface area contributed by atoms with Crippen molar-refractivity contribution in [1.29, 1.82) is 0 Å². The summed E-state index contributed by atoms with van der Waals surface area (Å²) >= 11 is 1.84. The van der Waals surface area contributed by atoms with Crippen LogP contribution in [0, 0.1) is 0 Å². The second-order valence-corrected chi connectivity index (χ2v) is 15.0. The molecule has 3 aromatic heterocycles. The Morgan fingerprint density at radius 2 is 0.875 bits per heavy atom. The molecule has 0 aliphatic carbocycles. The lowest BCUT2D eigenvalue weighted by Gasteiger charge is -2.15. The summed E-state index contributed by atoms with van der Waals surface area (Å²) in [5, 5.41) is 4.64. The minimum Gasteiger partial charge on any atom is -0.456 e. The Bertz CT molecular complexity index is 3230. The minimum absolute atomic E-state index is 0.577. The first-order valence-electron chi connectivity index (χ1n) is 18.7. The molecular formula is C51H31N3OS. The number of fused-ring (bicyclic) bond motifs is 6. The van der Waals surface area contributed by atoms with Crippen LogP contribution in [0.25, 0.3) is 110 Å². The molecule has 0 aliphatic rings. The lowest BCUT2D eigenvalue weighted by atomic mass is 9.88. The van der Waals surface area contributed by atoms with E-state index < -0.39 is 0 Å². The SMILES string of the molecule is c1ccc(-c2ccc(-c3nc(-c4ccccc4)nc(-c4cc(-c5ccc6sc7ccccc7c6c5-c5ccccc5)c5c(c4)oc4ccccc45)n3)cc2)cc1. The van der Waals surface area contributed by atoms with E-state index in [1.165, 1.54) is 25.7 Å². The van der Waals surface area contributed by atoms with Crippen molar-refractivity contribution < 1.29 is 4.42 Å². The Morgan fingerprint density at radius 3 is 1.59 bits per heavy atom. The Hall–Kier alpha value is -7.21. The molecule has 0 bridgehead atoms. The number of nitrogens with zero attached hydrogens (tertiary/aromatic N) is 3. The van der Waals surface area contributed by atoms with Crippen molar-refractivity contribution >= 4 is 53.4 Å². The molecule has 11 aromatic rings. The quantitative estimate of drug-likeness (QED) is 0.171. The highest BCUT2D eigenvalue weighted by Gasteiger charge is 2.22. The number of rotatable bonds is 6. The first-order chi connectivity index (χ1) is 27.7. The van der Waals surface area contributed by atoms with Crippen molar-refractivity contribution in [3.63, 3.8) is 0 Å². The molecule has 0 N–H and O–H groups in total. The van der Waals surface area contributed by atoms with Crippen LogP contribution in [0.3, 0.4) is 0 Å². The van der Waals surface area contributed by atoms with Crippen LogP contribution in [-0.2, 0) is 0 Å². The standard InChI is InChI=1S/C51H31N3OS/c1-4-14-32(15-5-1)33-24-26-36(27-25-33)50-52-49(35-18-8-3-9-19-35)53-51(54-50)37-30-41(47-39-20-10-12-22-42(39)55-43(47)31-37)38-28-29-45-48(40-21-11-13-23-44(40)56-45)46(38)34-16-6-2-7-17-34/h1-31H. The van der Waals surface area contributed by atoms with Crippen molar-refractivity contribution in [3.8, 4) is 67.5 Å². The van der Waals surface area contributed by atoms with Gasteiger partial charge in [0, 0.05) is 47.6 Å². The highest BCUT2D eigenvalue weighted by molar-refractivity contribution is 7.26. The predicted molar refractivity (Wildman–Crippen MR) is 233 cm³/mol. The van der Waals surface area contributed by atoms with Gasteiger partial charge in [0.25, 0.3) is 0 Å². The molecule has 0 radical (unpaired) electrons. The molecule has 0 atom stereocenters. The fourth-order valence-corrected chi connectivity index (χ4v) is 9.05. The number of hydrogen-bond donors (Lipinski definition) is 0. The third kappa shape index (κ3) is 5.48. The smallest absolute Gasteiger partial charge is 0.164 e. The third-order valence-electron chi connectivity index (χ3n) is 10.6. The van der Waals surface area contributed by atoms with Crippen LogP contribution in [0.15, 0.2) is 192 Å². The normalized spacial score (nSPS) is 11.6. The van der Waals surface area contributed by atoms with Crippen LogP contribution in [0.2, 0.25) is 0 Å². The molecule has 11 rings (SSSR count). The van der Waals surface area contributed by atoms with Crippen molar-refractivity contribution in [2.45, 2.75) is 0 Å². The van der Waals surface area contributed by atoms with E-state index in [0.717, 1.165) is 66.4 Å². The summed E-state index contributed by atoms with van der Waals surface area (Å²) in [6.45, 7) is 0. The fraction of sp³-hybridized carbons (Fsp3) is 0. The van der Waals surface area contributed by atoms with Gasteiger partial charge in [-0.3, -0.25) is 0 Å². The Kier molecular flexibility index (Phi) is 7.64. The van der Waals surface area contributed by atoms with Crippen LogP contribution in [0.1, 0.15) is 0 Å². The maximum Gasteiger partial charge on any atom is 0.164 e. The van der Waals surface area contributed by atoms with Crippen molar-refractivity contribution in [2.24, 2.45) is 0 Å². The van der Waals surface area contributed by atoms with Crippen molar-refractivity contribution in [1.82, 2.24) is 15.0 Å². The topological polar surface area (TPSA) is 51.8 Å². The number of hydrogen-bond acceptors (Lipinski definition) is 5. The molecular weight excluding hydrogens is 703 g/mol. The molecule has 3 heterocycles. The van der Waals surface area contributed by atoms with Crippen LogP contribution >= 0.6 is 11.3 Å². The zero-order chi connectivity index (χ0) is 37.0. The van der Waals surface area contributed by atoms with Gasteiger partial charge in [-0.05, 0) is 63.7 Å². The number of aromatic nitrogens is 3. The van der Waals surface area contributed by atoms with E-state index in [9.17, 15) is 0 Å². The highest BCUT2D eigenvalue weighted by atomic mass is 32.1. The number of para-hydroxylation sites is 1. The molecule has 8 aromatic carbocycles. The summed E-state index contributed by atoms with van der Waals surface area (Å²) in [4.78, 5) is 15.4. The maximum atomic E-state index is 6.68. The molecule has 0 aliphatic heterocycles. The summed E-state index contributed by atoms with van der Waals surface area (Å²) < 4.78 is 9.21. The van der Waals surface area contributed by atoms with E-state index in [2.05, 4.69) is 140 Å². The van der Waals surface area contributed by atoms with E-state index in [4.69, 9.17) is 19.4 Å². The van der Waals surface area contributed by atoms with Gasteiger partial charge in [-0.25, -0.2) is 15.0 Å². The second kappa shape index (κ2) is 13.3. The van der Waals surface area contributed by atoms with Crippen molar-refractivity contribution in [3.05, 3.63) is 188 Å². The molecule has 0 saturated carbocycles. The number of furan rings is 1. The molecule has 0 amide bonds. The zero-order valence-corrected chi connectivity index (χ0v) is 30.9. The summed E-state index contributed by atoms with van der Waals surface area (Å²) in [7, 11) is 0. The van der Waals surface area contributed by atoms with E-state index >= 15 is 0 Å². The van der Waals surface area contributed by atoms with E-state index in [1.54, 1.807) is 0 Å². The highest BCUT2D eigenvalue weighted by Crippen LogP contribution is 2.48. The van der Waals surface area contributed by atoms with Gasteiger partial charge in [-0.15, -0.1) is 11.3 Å². The molecule has 262 valence electrons. The van der Waals surface area contributed by atoms with Gasteiger partial charge in [-0.1, -0.05) is 158 Å². The summed E-state index contributed by atoms with van der Waals surface area (Å²) in [5.41, 5.74) is 11.1. The predicted octanol–water partition coefficient (Wildman–Crippen LogP) is 14.1. The first kappa shape index (κ1) is 32.2. The van der Waals surface area contributed by atoms with Gasteiger partial charge < -0.3 is 4.42 Å². The fourth-order valence-electron chi connectivity index (χ4n) is 7.93. The monoisotopic (exact) mass is 733 g/mol. The largest absolute Gasteiger partial charge is 0.456 e. The Morgan fingerprint density at radius 1 is 0.339 bits per heavy atom. The molecule has 0 saturated heterocycles. The van der Waals surface area contributed by atoms with Crippen molar-refractivity contribution in [2.75, 3.05) is 0 Å². The Balaban J connectivity index is 1.18. The van der Waals surface area contributed by atoms with Gasteiger partial charge >= 0.3 is 0 Å². The van der Waals surface area contributed by atoms with E-state index in [-0.39, 0.29) is 0 Å². The zero-order valence-electron chi connectivity index (χ0n) is 30.1. The summed E-state index contributed by atoms with van der Waals surface area (Å²) in [6, 6.07) is 65.6. The van der Waals surface area contributed by atoms with Gasteiger partial charge in [0.05, 0.1) is 0 Å². The van der Waals surface area contributed by atoms with E-state index in [1.807, 2.05) is 59.9 Å². The Labute approximate surface area is 327 Å². The summed E-state index contributed by atoms with van der Waals surface area (Å²) in [6.07, 6.45) is 0. The lowest BCUT2D eigenvalue weighted by Crippen LogP contribution is -2.00. The van der Waals surface area contributed by atoms with Crippen LogP contribution in [0.4, 0.5) is 0 Å². The van der Waals surface area contributed by atoms with Crippen LogP contribution in [0.5, 0.6) is 0 Å². The maximum absolute atomic E-state index is 6.68. The van der Waals surface area contributed by atoms with Gasteiger partial charge in [0.1, 0.15) is 11.2 Å². The van der Waals surface area contributed by atoms with Crippen LogP contribution in [-0.4, -0.2) is 15.0 Å². The van der Waals surface area contributed by atoms with Crippen LogP contribution < -0.4 is 0 Å². The molecule has 0 spiro atoms. The average molecular weight is 734 g/mol. The lowest BCUT2D eigenvalue weighted by molar-refractivity contribution is 0.669. The van der Waals surface area contributed by atoms with Gasteiger partial charge in [0.15, 0.2) is 17.5 Å². The molecule has 4 nitrogen and oxygen atoms in total. The molecule has 56 heavy (non-hydrogen) atoms. The third-order valence-corrected chi connectivity index (χ3v) is 11.7. The first-order valence-corrected chi connectivity index (χ1v) is 19.5. The minimum atomic E-state index is 0.577. The van der Waals surface area contributed by atoms with Gasteiger partial charge in [0.2, 0.25) is 0 Å². The average Bonchev–Trinajstić information content (AvgIpc) is 3.85. The second-order valence-electron chi connectivity index (χ2n) is 13.9.